The van der Waals surface area contributed by atoms with E-state index in [1.54, 1.807) is 29.0 Å². The highest BCUT2D eigenvalue weighted by atomic mass is 35.5. The van der Waals surface area contributed by atoms with Crippen LogP contribution in [0.1, 0.15) is 36.3 Å². The van der Waals surface area contributed by atoms with Gasteiger partial charge in [0.05, 0.1) is 41.9 Å². The molecule has 176 valence electrons. The second kappa shape index (κ2) is 9.75. The molecule has 1 fully saturated rings. The quantitative estimate of drug-likeness (QED) is 0.361. The lowest BCUT2D eigenvalue weighted by Gasteiger charge is -2.21. The summed E-state index contributed by atoms with van der Waals surface area (Å²) in [5.41, 5.74) is 2.75. The molecule has 1 saturated heterocycles. The van der Waals surface area contributed by atoms with Gasteiger partial charge in [-0.1, -0.05) is 23.2 Å². The van der Waals surface area contributed by atoms with Crippen LogP contribution in [0.5, 0.6) is 0 Å². The molecule has 2 atom stereocenters. The van der Waals surface area contributed by atoms with Crippen molar-refractivity contribution in [3.63, 3.8) is 0 Å². The first kappa shape index (κ1) is 22.9. The first-order valence-electron chi connectivity index (χ1n) is 10.8. The zero-order valence-corrected chi connectivity index (χ0v) is 19.8. The predicted octanol–water partition coefficient (Wildman–Crippen LogP) is 3.23. The number of halogens is 2. The molecular formula is C22H21Cl2N7O3. The van der Waals surface area contributed by atoms with E-state index in [1.165, 1.54) is 17.2 Å². The van der Waals surface area contributed by atoms with Crippen LogP contribution in [0, 0.1) is 0 Å². The van der Waals surface area contributed by atoms with Gasteiger partial charge < -0.3 is 9.47 Å². The Kier molecular flexibility index (Phi) is 6.55. The fourth-order valence-corrected chi connectivity index (χ4v) is 4.48. The molecular weight excluding hydrogens is 481 g/mol. The number of ether oxygens (including phenoxy) is 2. The van der Waals surface area contributed by atoms with Gasteiger partial charge in [-0.3, -0.25) is 4.79 Å². The molecule has 12 heteroatoms. The topological polar surface area (TPSA) is 109 Å². The minimum Gasteiger partial charge on any atom is -0.379 e. The van der Waals surface area contributed by atoms with Gasteiger partial charge in [0.15, 0.2) is 16.6 Å². The van der Waals surface area contributed by atoms with Crippen LogP contribution in [-0.4, -0.2) is 59.7 Å². The Hall–Kier alpha value is -2.92. The number of carbonyl (C=O) groups excluding carboxylic acids is 1. The average Bonchev–Trinajstić information content (AvgIpc) is 3.55. The summed E-state index contributed by atoms with van der Waals surface area (Å²) >= 11 is 12.5. The van der Waals surface area contributed by atoms with Gasteiger partial charge in [0.2, 0.25) is 0 Å². The number of aromatic nitrogens is 7. The minimum atomic E-state index is -0.340. The fourth-order valence-electron chi connectivity index (χ4n) is 4.04. The molecule has 0 aromatic carbocycles. The van der Waals surface area contributed by atoms with Crippen molar-refractivity contribution < 1.29 is 14.3 Å². The molecule has 1 aliphatic rings. The van der Waals surface area contributed by atoms with Crippen LogP contribution in [-0.2, 0) is 27.1 Å². The summed E-state index contributed by atoms with van der Waals surface area (Å²) in [4.78, 5) is 23.1. The average molecular weight is 502 g/mol. The molecule has 0 N–H and O–H groups in total. The standard InChI is InChI=1S/C22H21Cl2N7O3/c1-13(34-17-2-5-33-12-17)21-15(11-25-20-9-19(24)29-30(20)21)8-16(32)6-14-7-18(23)22(26-10-14)31-27-3-4-28-31/h3-4,7,9-11,13,17H,2,5-6,8,12H2,1H3/t13-,17+/m0/s1. The molecule has 4 aromatic heterocycles. The van der Waals surface area contributed by atoms with E-state index in [9.17, 15) is 4.79 Å². The number of ketones is 1. The smallest absolute Gasteiger partial charge is 0.193 e. The Morgan fingerprint density at radius 2 is 2.03 bits per heavy atom. The zero-order valence-electron chi connectivity index (χ0n) is 18.3. The van der Waals surface area contributed by atoms with Crippen molar-refractivity contribution >= 4 is 34.6 Å². The van der Waals surface area contributed by atoms with Crippen molar-refractivity contribution in [1.82, 2.24) is 34.6 Å². The minimum absolute atomic E-state index is 0.0104. The zero-order chi connectivity index (χ0) is 23.7. The van der Waals surface area contributed by atoms with E-state index in [4.69, 9.17) is 32.7 Å². The lowest BCUT2D eigenvalue weighted by atomic mass is 10.0. The van der Waals surface area contributed by atoms with Crippen LogP contribution in [0.2, 0.25) is 10.2 Å². The Balaban J connectivity index is 1.37. The van der Waals surface area contributed by atoms with E-state index < -0.39 is 0 Å². The maximum atomic E-state index is 13.0. The van der Waals surface area contributed by atoms with E-state index in [-0.39, 0.29) is 30.8 Å². The van der Waals surface area contributed by atoms with Gasteiger partial charge >= 0.3 is 0 Å². The first-order valence-corrected chi connectivity index (χ1v) is 11.5. The highest BCUT2D eigenvalue weighted by Gasteiger charge is 2.25. The molecule has 0 unspecified atom stereocenters. The normalized spacial score (nSPS) is 16.9. The highest BCUT2D eigenvalue weighted by Crippen LogP contribution is 2.27. The largest absolute Gasteiger partial charge is 0.379 e. The molecule has 1 aliphatic heterocycles. The number of fused-ring (bicyclic) bond motifs is 1. The van der Waals surface area contributed by atoms with Gasteiger partial charge in [0.1, 0.15) is 5.78 Å². The van der Waals surface area contributed by atoms with Crippen LogP contribution >= 0.6 is 23.2 Å². The maximum Gasteiger partial charge on any atom is 0.193 e. The van der Waals surface area contributed by atoms with Gasteiger partial charge in [-0.2, -0.15) is 15.3 Å². The van der Waals surface area contributed by atoms with Crippen LogP contribution in [0.15, 0.2) is 36.9 Å². The molecule has 0 saturated carbocycles. The van der Waals surface area contributed by atoms with Crippen molar-refractivity contribution in [3.8, 4) is 5.82 Å². The number of hydrogen-bond donors (Lipinski definition) is 0. The van der Waals surface area contributed by atoms with Crippen LogP contribution < -0.4 is 0 Å². The third-order valence-corrected chi connectivity index (χ3v) is 5.98. The van der Waals surface area contributed by atoms with Gasteiger partial charge in [-0.25, -0.2) is 14.5 Å². The molecule has 10 nitrogen and oxygen atoms in total. The van der Waals surface area contributed by atoms with E-state index >= 15 is 0 Å². The highest BCUT2D eigenvalue weighted by molar-refractivity contribution is 6.32. The third kappa shape index (κ3) is 4.80. The van der Waals surface area contributed by atoms with Gasteiger partial charge in [-0.15, -0.1) is 4.80 Å². The fraction of sp³-hybridized carbons (Fsp3) is 0.364. The summed E-state index contributed by atoms with van der Waals surface area (Å²) in [5, 5.41) is 13.1. The van der Waals surface area contributed by atoms with E-state index in [0.717, 1.165) is 17.7 Å². The summed E-state index contributed by atoms with van der Waals surface area (Å²) < 4.78 is 13.3. The Morgan fingerprint density at radius 3 is 2.76 bits per heavy atom. The molecule has 0 aliphatic carbocycles. The van der Waals surface area contributed by atoms with Crippen LogP contribution in [0.4, 0.5) is 0 Å². The summed E-state index contributed by atoms with van der Waals surface area (Å²) in [5.74, 6) is 0.372. The molecule has 0 radical (unpaired) electrons. The van der Waals surface area contributed by atoms with E-state index in [2.05, 4.69) is 25.3 Å². The Morgan fingerprint density at radius 1 is 1.21 bits per heavy atom. The van der Waals surface area contributed by atoms with Crippen LogP contribution in [0.3, 0.4) is 0 Å². The van der Waals surface area contributed by atoms with Gasteiger partial charge in [0, 0.05) is 43.5 Å². The van der Waals surface area contributed by atoms with E-state index in [1.807, 2.05) is 6.92 Å². The van der Waals surface area contributed by atoms with Crippen molar-refractivity contribution in [2.45, 2.75) is 38.4 Å². The summed E-state index contributed by atoms with van der Waals surface area (Å²) in [7, 11) is 0. The monoisotopic (exact) mass is 501 g/mol. The Labute approximate surface area is 204 Å². The molecule has 5 rings (SSSR count). The number of pyridine rings is 1. The number of Topliss-reactive ketones (excluding diaryl/α,β-unsaturated/α-hetero) is 1. The van der Waals surface area contributed by atoms with Crippen molar-refractivity contribution in [3.05, 3.63) is 63.9 Å². The number of rotatable bonds is 8. The van der Waals surface area contributed by atoms with Crippen molar-refractivity contribution in [2.24, 2.45) is 0 Å². The lowest BCUT2D eigenvalue weighted by molar-refractivity contribution is -0.117. The van der Waals surface area contributed by atoms with Gasteiger partial charge in [0.25, 0.3) is 0 Å². The number of nitrogens with zero attached hydrogens (tertiary/aromatic N) is 7. The van der Waals surface area contributed by atoms with Crippen molar-refractivity contribution in [2.75, 3.05) is 13.2 Å². The summed E-state index contributed by atoms with van der Waals surface area (Å²) in [6, 6.07) is 3.37. The van der Waals surface area contributed by atoms with Gasteiger partial charge in [-0.05, 0) is 25.0 Å². The molecule has 34 heavy (non-hydrogen) atoms. The molecule has 0 bridgehead atoms. The third-order valence-electron chi connectivity index (χ3n) is 5.52. The molecule has 0 spiro atoms. The predicted molar refractivity (Wildman–Crippen MR) is 123 cm³/mol. The second-order valence-corrected chi connectivity index (χ2v) is 8.82. The maximum absolute atomic E-state index is 13.0. The molecule has 0 amide bonds. The SMILES string of the molecule is C[C@H](O[C@@H]1CCOC1)c1c(CC(=O)Cc2cnc(-n3nccn3)c(Cl)c2)cnc2cc(Cl)nn12. The summed E-state index contributed by atoms with van der Waals surface area (Å²) in [6.07, 6.45) is 7.13. The second-order valence-electron chi connectivity index (χ2n) is 8.03. The Bertz CT molecular complexity index is 1320. The molecule has 5 heterocycles. The molecule has 4 aromatic rings. The summed E-state index contributed by atoms with van der Waals surface area (Å²) in [6.45, 7) is 3.15. The van der Waals surface area contributed by atoms with Crippen LogP contribution in [0.25, 0.3) is 11.5 Å². The van der Waals surface area contributed by atoms with Crippen molar-refractivity contribution in [1.29, 1.82) is 0 Å². The number of hydrogen-bond acceptors (Lipinski definition) is 8. The van der Waals surface area contributed by atoms with E-state index in [0.29, 0.717) is 40.4 Å². The lowest BCUT2D eigenvalue weighted by Crippen LogP contribution is -2.20. The number of carbonyl (C=O) groups is 1. The first-order chi connectivity index (χ1) is 16.5.